The van der Waals surface area contributed by atoms with E-state index in [1.165, 1.54) is 0 Å². The second-order valence-corrected chi connectivity index (χ2v) is 5.42. The Bertz CT molecular complexity index is 554. The van der Waals surface area contributed by atoms with Crippen molar-refractivity contribution >= 4 is 17.9 Å². The largest absolute Gasteiger partial charge is 0.493 e. The van der Waals surface area contributed by atoms with Gasteiger partial charge in [0, 0.05) is 0 Å². The maximum absolute atomic E-state index is 11.8. The van der Waals surface area contributed by atoms with Gasteiger partial charge in [-0.1, -0.05) is 31.5 Å². The molecule has 1 aromatic carbocycles. The van der Waals surface area contributed by atoms with Crippen LogP contribution in [0.2, 0.25) is 0 Å². The molecular formula is C16H22N2O5. The summed E-state index contributed by atoms with van der Waals surface area (Å²) in [6, 6.07) is 6.42. The Morgan fingerprint density at radius 3 is 2.30 bits per heavy atom. The zero-order valence-corrected chi connectivity index (χ0v) is 13.5. The normalized spacial score (nSPS) is 11.7. The highest BCUT2D eigenvalue weighted by atomic mass is 16.6. The molecule has 0 radical (unpaired) electrons. The zero-order chi connectivity index (χ0) is 17.4. The number of hydrogen-bond acceptors (Lipinski definition) is 5. The van der Waals surface area contributed by atoms with Crippen LogP contribution in [0, 0.1) is 12.8 Å². The lowest BCUT2D eigenvalue weighted by molar-refractivity contribution is -0.158. The molecule has 0 aromatic heterocycles. The van der Waals surface area contributed by atoms with Crippen LogP contribution in [0.3, 0.4) is 0 Å². The van der Waals surface area contributed by atoms with Crippen molar-refractivity contribution in [2.24, 2.45) is 11.7 Å². The fraction of sp³-hybridized carbons (Fsp3) is 0.438. The van der Waals surface area contributed by atoms with E-state index in [1.807, 2.05) is 24.4 Å². The molecule has 7 heteroatoms. The minimum atomic E-state index is -1.07. The minimum Gasteiger partial charge on any atom is -0.493 e. The van der Waals surface area contributed by atoms with Crippen molar-refractivity contribution in [1.82, 2.24) is 5.32 Å². The zero-order valence-electron chi connectivity index (χ0n) is 13.5. The molecule has 0 aliphatic heterocycles. The number of benzene rings is 1. The van der Waals surface area contributed by atoms with Crippen molar-refractivity contribution in [3.63, 3.8) is 0 Å². The molecule has 3 N–H and O–H groups in total. The van der Waals surface area contributed by atoms with Gasteiger partial charge in [-0.05, 0) is 25.0 Å². The summed E-state index contributed by atoms with van der Waals surface area (Å²) in [6.07, 6.45) is -1.09. The third-order valence-electron chi connectivity index (χ3n) is 2.96. The van der Waals surface area contributed by atoms with Gasteiger partial charge in [0.05, 0.1) is 13.0 Å². The molecule has 0 spiro atoms. The van der Waals surface area contributed by atoms with Crippen LogP contribution in [0.1, 0.15) is 25.8 Å². The van der Waals surface area contributed by atoms with Crippen molar-refractivity contribution in [2.75, 3.05) is 6.61 Å². The second-order valence-electron chi connectivity index (χ2n) is 5.42. The number of esters is 1. The first-order valence-corrected chi connectivity index (χ1v) is 7.29. The molecule has 0 unspecified atom stereocenters. The molecule has 1 aromatic rings. The number of carbonyl (C=O) groups is 3. The first kappa shape index (κ1) is 18.5. The van der Waals surface area contributed by atoms with Crippen LogP contribution in [-0.4, -0.2) is 30.6 Å². The summed E-state index contributed by atoms with van der Waals surface area (Å²) in [5, 5.41) is 1.91. The Labute approximate surface area is 135 Å². The topological polar surface area (TPSA) is 108 Å². The summed E-state index contributed by atoms with van der Waals surface area (Å²) in [4.78, 5) is 34.2. The van der Waals surface area contributed by atoms with Gasteiger partial charge in [0.15, 0.2) is 6.10 Å². The predicted molar refractivity (Wildman–Crippen MR) is 83.7 cm³/mol. The summed E-state index contributed by atoms with van der Waals surface area (Å²) < 4.78 is 10.5. The molecule has 0 saturated heterocycles. The monoisotopic (exact) mass is 322 g/mol. The maximum atomic E-state index is 11.8. The molecule has 0 fully saturated rings. The minimum absolute atomic E-state index is 0.0129. The number of ether oxygens (including phenoxy) is 2. The van der Waals surface area contributed by atoms with Crippen LogP contribution in [0.25, 0.3) is 0 Å². The van der Waals surface area contributed by atoms with Crippen LogP contribution < -0.4 is 15.8 Å². The number of nitrogens with one attached hydrogen (secondary N) is 1. The van der Waals surface area contributed by atoms with Crippen molar-refractivity contribution in [3.8, 4) is 5.75 Å². The summed E-state index contributed by atoms with van der Waals surface area (Å²) >= 11 is 0. The third-order valence-corrected chi connectivity index (χ3v) is 2.96. The quantitative estimate of drug-likeness (QED) is 0.740. The molecule has 0 bridgehead atoms. The average molecular weight is 322 g/mol. The van der Waals surface area contributed by atoms with E-state index in [9.17, 15) is 14.4 Å². The van der Waals surface area contributed by atoms with Crippen LogP contribution in [0.4, 0.5) is 4.79 Å². The van der Waals surface area contributed by atoms with E-state index < -0.39 is 24.0 Å². The number of rotatable bonds is 7. The number of hydrogen-bond donors (Lipinski definition) is 2. The van der Waals surface area contributed by atoms with Crippen LogP contribution in [0.15, 0.2) is 24.3 Å². The van der Waals surface area contributed by atoms with E-state index >= 15 is 0 Å². The maximum Gasteiger partial charge on any atom is 0.318 e. The first-order valence-electron chi connectivity index (χ1n) is 7.29. The van der Waals surface area contributed by atoms with Crippen LogP contribution >= 0.6 is 0 Å². The number of aryl methyl sites for hydroxylation is 1. The molecule has 0 aliphatic rings. The van der Waals surface area contributed by atoms with E-state index in [-0.39, 0.29) is 18.9 Å². The van der Waals surface area contributed by atoms with Crippen LogP contribution in [-0.2, 0) is 14.3 Å². The molecule has 23 heavy (non-hydrogen) atoms. The second kappa shape index (κ2) is 8.77. The number of nitrogens with two attached hydrogens (primary N) is 1. The molecule has 126 valence electrons. The molecule has 3 amide bonds. The summed E-state index contributed by atoms with van der Waals surface area (Å²) in [5.41, 5.74) is 5.99. The lowest BCUT2D eigenvalue weighted by Gasteiger charge is -2.19. The van der Waals surface area contributed by atoms with Crippen LogP contribution in [0.5, 0.6) is 5.75 Å². The number of carbonyl (C=O) groups excluding carboxylic acids is 3. The van der Waals surface area contributed by atoms with E-state index in [2.05, 4.69) is 0 Å². The molecule has 1 rings (SSSR count). The van der Waals surface area contributed by atoms with E-state index in [0.29, 0.717) is 5.75 Å². The Morgan fingerprint density at radius 1 is 1.17 bits per heavy atom. The molecular weight excluding hydrogens is 300 g/mol. The van der Waals surface area contributed by atoms with Gasteiger partial charge in [0.2, 0.25) is 0 Å². The SMILES string of the molecule is Cc1ccc(OCCC(=O)O[C@H](C(=O)NC(N)=O)C(C)C)cc1. The molecule has 1 atom stereocenters. The number of primary amides is 1. The molecule has 0 saturated carbocycles. The van der Waals surface area contributed by atoms with Gasteiger partial charge in [-0.2, -0.15) is 0 Å². The van der Waals surface area contributed by atoms with Crippen molar-refractivity contribution < 1.29 is 23.9 Å². The standard InChI is InChI=1S/C16H22N2O5/c1-10(2)14(15(20)18-16(17)21)23-13(19)8-9-22-12-6-4-11(3)5-7-12/h4-7,10,14H,8-9H2,1-3H3,(H3,17,18,20,21)/t14-/m0/s1. The Kier molecular flexibility index (Phi) is 7.05. The van der Waals surface area contributed by atoms with Gasteiger partial charge in [0.1, 0.15) is 5.75 Å². The molecule has 0 heterocycles. The molecule has 7 nitrogen and oxygen atoms in total. The summed E-state index contributed by atoms with van der Waals surface area (Å²) in [5.74, 6) is -0.970. The highest BCUT2D eigenvalue weighted by Gasteiger charge is 2.27. The van der Waals surface area contributed by atoms with E-state index in [0.717, 1.165) is 5.56 Å². The van der Waals surface area contributed by atoms with Crippen molar-refractivity contribution in [1.29, 1.82) is 0 Å². The highest BCUT2D eigenvalue weighted by molar-refractivity contribution is 5.96. The van der Waals surface area contributed by atoms with Gasteiger partial charge in [-0.3, -0.25) is 14.9 Å². The van der Waals surface area contributed by atoms with Gasteiger partial charge in [-0.25, -0.2) is 4.79 Å². The predicted octanol–water partition coefficient (Wildman–Crippen LogP) is 1.53. The fourth-order valence-corrected chi connectivity index (χ4v) is 1.77. The van der Waals surface area contributed by atoms with Crippen molar-refractivity contribution in [2.45, 2.75) is 33.3 Å². The Balaban J connectivity index is 2.44. The fourth-order valence-electron chi connectivity index (χ4n) is 1.77. The van der Waals surface area contributed by atoms with Crippen molar-refractivity contribution in [3.05, 3.63) is 29.8 Å². The van der Waals surface area contributed by atoms with Gasteiger partial charge in [-0.15, -0.1) is 0 Å². The van der Waals surface area contributed by atoms with Gasteiger partial charge < -0.3 is 15.2 Å². The smallest absolute Gasteiger partial charge is 0.318 e. The van der Waals surface area contributed by atoms with E-state index in [1.54, 1.807) is 26.0 Å². The molecule has 0 aliphatic carbocycles. The Hall–Kier alpha value is -2.57. The number of urea groups is 1. The lowest BCUT2D eigenvalue weighted by Crippen LogP contribution is -2.45. The first-order chi connectivity index (χ1) is 10.8. The average Bonchev–Trinajstić information content (AvgIpc) is 2.45. The number of amides is 3. The number of imide groups is 1. The lowest BCUT2D eigenvalue weighted by atomic mass is 10.1. The van der Waals surface area contributed by atoms with Gasteiger partial charge in [0.25, 0.3) is 5.91 Å². The summed E-state index contributed by atoms with van der Waals surface area (Å²) in [6.45, 7) is 5.48. The highest BCUT2D eigenvalue weighted by Crippen LogP contribution is 2.12. The Morgan fingerprint density at radius 2 is 1.78 bits per heavy atom. The summed E-state index contributed by atoms with van der Waals surface area (Å²) in [7, 11) is 0. The van der Waals surface area contributed by atoms with E-state index in [4.69, 9.17) is 15.2 Å². The van der Waals surface area contributed by atoms with Gasteiger partial charge >= 0.3 is 12.0 Å². The third kappa shape index (κ3) is 6.82.